The summed E-state index contributed by atoms with van der Waals surface area (Å²) < 4.78 is 222. The van der Waals surface area contributed by atoms with Crippen molar-refractivity contribution in [2.75, 3.05) is 145 Å². The molecule has 9 N–H and O–H groups in total. The number of pyridine rings is 1. The van der Waals surface area contributed by atoms with E-state index >= 15 is 0 Å². The number of nitrogens with zero attached hydrogens (tertiary/aromatic N) is 9. The second-order valence-corrected chi connectivity index (χ2v) is 40.3. The largest absolute Gasteiger partial charge is 0.455 e. The fourth-order valence-electron chi connectivity index (χ4n) is 13.6. The van der Waals surface area contributed by atoms with E-state index in [1.165, 1.54) is 45.3 Å². The van der Waals surface area contributed by atoms with Crippen molar-refractivity contribution in [3.05, 3.63) is 179 Å². The molecule has 49 heteroatoms. The first-order valence-electron chi connectivity index (χ1n) is 36.4. The van der Waals surface area contributed by atoms with Crippen LogP contribution in [0.1, 0.15) is 61.0 Å². The Balaban J connectivity index is 0.000000257. The van der Waals surface area contributed by atoms with Crippen LogP contribution in [0.5, 0.6) is 11.5 Å². The maximum Gasteiger partial charge on any atom is 0.416 e. The van der Waals surface area contributed by atoms with Crippen LogP contribution in [0.15, 0.2) is 136 Å². The number of hydrogen-bond acceptors (Lipinski definition) is 29. The Bertz CT molecular complexity index is 5760. The Labute approximate surface area is 693 Å². The predicted octanol–water partition coefficient (Wildman–Crippen LogP) is 7.10. The molecule has 1 aliphatic carbocycles. The zero-order valence-electron chi connectivity index (χ0n) is 65.0. The molecule has 656 valence electrons. The number of allylic oxidation sites excluding steroid dienone is 1. The quantitative estimate of drug-likeness (QED) is 0.0144. The van der Waals surface area contributed by atoms with Gasteiger partial charge in [0.2, 0.25) is 55.9 Å². The summed E-state index contributed by atoms with van der Waals surface area (Å²) >= 11 is 6.53. The fourth-order valence-corrected chi connectivity index (χ4v) is 19.4. The molecule has 3 unspecified atom stereocenters. The molecule has 12 rings (SSSR count). The summed E-state index contributed by atoms with van der Waals surface area (Å²) in [6.07, 6.45) is 3.88. The predicted molar refractivity (Wildman–Crippen MR) is 435 cm³/mol. The van der Waals surface area contributed by atoms with Crippen molar-refractivity contribution in [1.29, 1.82) is 0 Å². The highest BCUT2D eigenvalue weighted by atomic mass is 35.5. The molecular formula is C71H88ClF4N15O23S6. The van der Waals surface area contributed by atoms with E-state index in [1.807, 2.05) is 0 Å². The van der Waals surface area contributed by atoms with Gasteiger partial charge in [0.05, 0.1) is 117 Å². The number of H-pyrrole nitrogens is 1. The second-order valence-electron chi connectivity index (χ2n) is 29.0. The molecule has 0 radical (unpaired) electrons. The molecule has 2 aromatic heterocycles. The lowest BCUT2D eigenvalue weighted by Gasteiger charge is -2.39. The first-order chi connectivity index (χ1) is 55.9. The summed E-state index contributed by atoms with van der Waals surface area (Å²) in [5.74, 6) is -2.64. The van der Waals surface area contributed by atoms with Crippen molar-refractivity contribution >= 4 is 128 Å². The number of sulfone groups is 1. The number of fused-ring (bicyclic) bond motifs is 1. The standard InChI is InChI=1S/C47H51ClF3N7O9S2.C12H18N4O7S2.C6H5FN2O4S.C6H14N2O3S/c1-46(2)13-11-31(38(25-46)36-8-5-32(22-39(36)48)47(49,50)51)28-55-16-18-56(19-17-55)33-6-9-37(43(23-33)67-34-21-30-12-14-52-45(30)54-26-34)42(59)29-69(64,65)35-7-10-40(41(24-35)58(60)61)53-27-44-57(68(3,62)63)15-4-20-66-44;1-24(19,20)15-4-5-23-8-9(15)7-14-11-3-2-10(25(13,21)22)6-12(11)16(17)18;7-5-2-1-4(14(8,12)13)3-6(5)9(10)11;1-12(9,10)8-2-3-11-5-6(8)4-7/h5-10,12,14,21-24,26,44,53H,4,11,13,15-20,25,27-29H2,1-3H3,(H,52,54);2-3,6,9,14H,4-5,7-8H2,1H3,(H2,13,21,22);1-3H,(H2,8,12,13);6H,2-5,7H2,1H3. The average molecular weight is 1820 g/mol. The van der Waals surface area contributed by atoms with Crippen molar-refractivity contribution in [1.82, 2.24) is 27.8 Å². The molecule has 0 saturated carbocycles. The third-order valence-corrected chi connectivity index (χ3v) is 27.3. The second kappa shape index (κ2) is 39.0. The van der Waals surface area contributed by atoms with E-state index in [2.05, 4.69) is 44.2 Å². The van der Waals surface area contributed by atoms with Gasteiger partial charge in [0.1, 0.15) is 40.5 Å². The molecule has 4 aliphatic heterocycles. The van der Waals surface area contributed by atoms with E-state index < -0.39 is 143 Å². The number of alkyl halides is 3. The normalized spacial score (nSPS) is 18.8. The maximum atomic E-state index is 14.1. The number of nitro benzene ring substituents is 3. The van der Waals surface area contributed by atoms with Gasteiger partial charge in [-0.25, -0.2) is 65.8 Å². The number of morpholine rings is 2. The van der Waals surface area contributed by atoms with E-state index in [-0.39, 0.29) is 95.8 Å². The lowest BCUT2D eigenvalue weighted by Crippen LogP contribution is -2.51. The molecule has 6 heterocycles. The minimum atomic E-state index is -4.51. The number of aromatic nitrogens is 2. The molecular weight excluding hydrogens is 1730 g/mol. The average Bonchev–Trinajstić information content (AvgIpc) is 0.930. The number of primary sulfonamides is 2. The van der Waals surface area contributed by atoms with Crippen molar-refractivity contribution in [3.63, 3.8) is 0 Å². The molecule has 38 nitrogen and oxygen atoms in total. The number of ether oxygens (including phenoxy) is 4. The minimum Gasteiger partial charge on any atom is -0.455 e. The van der Waals surface area contributed by atoms with Crippen molar-refractivity contribution in [2.24, 2.45) is 21.4 Å². The van der Waals surface area contributed by atoms with Gasteiger partial charge >= 0.3 is 11.9 Å². The first kappa shape index (κ1) is 94.8. The van der Waals surface area contributed by atoms with E-state index in [0.29, 0.717) is 101 Å². The van der Waals surface area contributed by atoms with Gasteiger partial charge in [0, 0.05) is 112 Å². The molecule has 7 aromatic rings. The number of nitrogens with two attached hydrogens (primary N) is 3. The molecule has 5 aromatic carbocycles. The number of hydrogen-bond donors (Lipinski definition) is 6. The lowest BCUT2D eigenvalue weighted by atomic mass is 9.72. The van der Waals surface area contributed by atoms with E-state index in [0.717, 1.165) is 88.7 Å². The Kier molecular flexibility index (Phi) is 30.8. The molecule has 5 aliphatic rings. The third-order valence-electron chi connectivity index (χ3n) is 19.7. The van der Waals surface area contributed by atoms with Gasteiger partial charge in [-0.15, -0.1) is 0 Å². The topological polar surface area (TPSA) is 535 Å². The summed E-state index contributed by atoms with van der Waals surface area (Å²) in [6, 6.07) is 19.7. The number of carbonyl (C=O) groups excluding carboxylic acids is 1. The number of nitro groups is 3. The SMILES string of the molecule is CC1(C)CCC(CN2CCN(c3ccc(C(=O)CS(=O)(=O)c4ccc(NCC5OCCCN5S(C)(=O)=O)c([N+](=O)[O-])c4)c(Oc4cnc5[nH]ccc5c4)c3)CC2)=C(c2ccc(C(F)(F)F)cc2Cl)C1.CS(=O)(=O)N1CCOCC1CN.CS(=O)(=O)N1CCOCC1CNc1ccc(S(N)(=O)=O)cc1[N+](=O)[O-].NS(=O)(=O)c1ccc(F)c([N+](=O)[O-])c1. The van der Waals surface area contributed by atoms with Gasteiger partial charge in [-0.3, -0.25) is 40.0 Å². The number of aromatic amines is 1. The smallest absolute Gasteiger partial charge is 0.416 e. The number of ketones is 1. The van der Waals surface area contributed by atoms with Gasteiger partial charge < -0.3 is 45.2 Å². The van der Waals surface area contributed by atoms with Crippen LogP contribution in [0, 0.1) is 41.6 Å². The zero-order chi connectivity index (χ0) is 88.4. The van der Waals surface area contributed by atoms with Gasteiger partial charge in [-0.05, 0) is 115 Å². The maximum absolute atomic E-state index is 14.1. The summed E-state index contributed by atoms with van der Waals surface area (Å²) in [7, 11) is -22.8. The molecule has 0 bridgehead atoms. The number of sulfonamides is 5. The van der Waals surface area contributed by atoms with Crippen LogP contribution in [0.2, 0.25) is 5.02 Å². The summed E-state index contributed by atoms with van der Waals surface area (Å²) in [4.78, 5) is 55.6. The van der Waals surface area contributed by atoms with Crippen LogP contribution >= 0.6 is 11.6 Å². The van der Waals surface area contributed by atoms with E-state index in [4.69, 9.17) is 46.6 Å². The van der Waals surface area contributed by atoms with Crippen LogP contribution in [0.25, 0.3) is 16.6 Å². The Hall–Kier alpha value is -9.09. The highest BCUT2D eigenvalue weighted by Gasteiger charge is 2.38. The van der Waals surface area contributed by atoms with Crippen LogP contribution in [0.3, 0.4) is 0 Å². The summed E-state index contributed by atoms with van der Waals surface area (Å²) in [5.41, 5.74) is 6.51. The number of nitrogens with one attached hydrogen (secondary N) is 3. The van der Waals surface area contributed by atoms with E-state index in [9.17, 15) is 103 Å². The van der Waals surface area contributed by atoms with Crippen molar-refractivity contribution < 1.29 is 107 Å². The molecule has 120 heavy (non-hydrogen) atoms. The van der Waals surface area contributed by atoms with Crippen molar-refractivity contribution in [3.8, 4) is 11.5 Å². The van der Waals surface area contributed by atoms with Crippen LogP contribution < -0.4 is 36.3 Å². The highest BCUT2D eigenvalue weighted by Crippen LogP contribution is 2.46. The van der Waals surface area contributed by atoms with Crippen LogP contribution in [-0.2, 0) is 80.3 Å². The summed E-state index contributed by atoms with van der Waals surface area (Å²) in [5, 5.41) is 49.7. The number of halogens is 5. The molecule has 4 saturated heterocycles. The first-order valence-corrected chi connectivity index (χ1v) is 47.1. The number of benzene rings is 5. The zero-order valence-corrected chi connectivity index (χ0v) is 70.7. The lowest BCUT2D eigenvalue weighted by molar-refractivity contribution is -0.387. The number of carbonyl (C=O) groups is 1. The molecule has 0 amide bonds. The number of anilines is 3. The van der Waals surface area contributed by atoms with Crippen LogP contribution in [-0.4, -0.2) is 247 Å². The minimum absolute atomic E-state index is 0.0487. The number of Topliss-reactive ketones (excluding diaryl/α,β-unsaturated/α-hetero) is 1. The monoisotopic (exact) mass is 1820 g/mol. The van der Waals surface area contributed by atoms with Gasteiger partial charge in [-0.2, -0.15) is 30.5 Å². The number of piperazine rings is 1. The van der Waals surface area contributed by atoms with Gasteiger partial charge in [-0.1, -0.05) is 37.1 Å². The number of rotatable bonds is 25. The Morgan fingerprint density at radius 1 is 0.675 bits per heavy atom. The van der Waals surface area contributed by atoms with Gasteiger partial charge in [0.25, 0.3) is 11.4 Å². The third kappa shape index (κ3) is 25.3. The molecule has 0 spiro atoms. The molecule has 4 fully saturated rings. The van der Waals surface area contributed by atoms with E-state index in [1.54, 1.807) is 30.5 Å². The summed E-state index contributed by atoms with van der Waals surface area (Å²) in [6.45, 7) is 9.92. The Morgan fingerprint density at radius 2 is 1.23 bits per heavy atom. The molecule has 3 atom stereocenters. The van der Waals surface area contributed by atoms with Crippen molar-refractivity contribution in [2.45, 2.75) is 78.7 Å². The highest BCUT2D eigenvalue weighted by molar-refractivity contribution is 7.92. The van der Waals surface area contributed by atoms with Gasteiger partial charge in [0.15, 0.2) is 15.6 Å². The Morgan fingerprint density at radius 3 is 1.79 bits per heavy atom. The fraction of sp³-hybridized carbons (Fsp3) is 0.437. The van der Waals surface area contributed by atoms with Crippen LogP contribution in [0.4, 0.5) is 51.7 Å².